The number of pyridine rings is 1. The van der Waals surface area contributed by atoms with E-state index in [0.717, 1.165) is 29.0 Å². The van der Waals surface area contributed by atoms with Crippen molar-refractivity contribution in [3.8, 4) is 21.8 Å². The van der Waals surface area contributed by atoms with Crippen LogP contribution in [0.3, 0.4) is 0 Å². The average molecular weight is 506 g/mol. The Morgan fingerprint density at radius 1 is 1.22 bits per heavy atom. The van der Waals surface area contributed by atoms with Crippen molar-refractivity contribution in [2.75, 3.05) is 38.7 Å². The first-order valence-corrected chi connectivity index (χ1v) is 13.1. The van der Waals surface area contributed by atoms with Gasteiger partial charge >= 0.3 is 0 Å². The Balaban J connectivity index is 1.55. The molecule has 0 saturated carbocycles. The highest BCUT2D eigenvalue weighted by molar-refractivity contribution is 7.13. The number of amides is 1. The van der Waals surface area contributed by atoms with Gasteiger partial charge in [0.2, 0.25) is 0 Å². The highest BCUT2D eigenvalue weighted by atomic mass is 32.1. The van der Waals surface area contributed by atoms with Crippen molar-refractivity contribution in [3.63, 3.8) is 0 Å². The molecule has 0 bridgehead atoms. The van der Waals surface area contributed by atoms with Gasteiger partial charge in [0.1, 0.15) is 5.82 Å². The van der Waals surface area contributed by atoms with Crippen molar-refractivity contribution in [2.24, 2.45) is 11.7 Å². The summed E-state index contributed by atoms with van der Waals surface area (Å²) in [6.45, 7) is 4.51. The summed E-state index contributed by atoms with van der Waals surface area (Å²) in [5, 5.41) is 9.80. The first-order chi connectivity index (χ1) is 17.5. The predicted molar refractivity (Wildman–Crippen MR) is 142 cm³/mol. The van der Waals surface area contributed by atoms with Gasteiger partial charge in [-0.05, 0) is 48.4 Å². The smallest absolute Gasteiger partial charge is 0.254 e. The SMILES string of the molecule is COCCNc1cc(C(=O)N2CC(C)CCC(N)C2)cc(-c2cnn3ccc(-c4cccs4)nc23)n1. The fourth-order valence-corrected chi connectivity index (χ4v) is 5.23. The molecule has 3 N–H and O–H groups in total. The van der Waals surface area contributed by atoms with E-state index in [4.69, 9.17) is 20.4 Å². The van der Waals surface area contributed by atoms with Crippen molar-refractivity contribution in [3.05, 3.63) is 53.7 Å². The topological polar surface area (TPSA) is 111 Å². The van der Waals surface area contributed by atoms with Gasteiger partial charge in [-0.3, -0.25) is 4.79 Å². The fourth-order valence-electron chi connectivity index (χ4n) is 4.54. The van der Waals surface area contributed by atoms with Gasteiger partial charge in [0.25, 0.3) is 5.91 Å². The monoisotopic (exact) mass is 505 g/mol. The number of likely N-dealkylation sites (tertiary alicyclic amines) is 1. The number of carbonyl (C=O) groups excluding carboxylic acids is 1. The molecular weight excluding hydrogens is 474 g/mol. The molecule has 5 heterocycles. The second-order valence-electron chi connectivity index (χ2n) is 9.32. The molecule has 2 unspecified atom stereocenters. The zero-order valence-electron chi connectivity index (χ0n) is 20.6. The molecule has 2 atom stereocenters. The summed E-state index contributed by atoms with van der Waals surface area (Å²) in [4.78, 5) is 26.3. The van der Waals surface area contributed by atoms with Crippen LogP contribution in [-0.2, 0) is 4.74 Å². The molecule has 5 rings (SSSR count). The van der Waals surface area contributed by atoms with Crippen molar-refractivity contribution in [1.82, 2.24) is 24.5 Å². The summed E-state index contributed by atoms with van der Waals surface area (Å²) >= 11 is 1.64. The maximum Gasteiger partial charge on any atom is 0.254 e. The fraction of sp³-hybridized carbons (Fsp3) is 0.385. The molecule has 0 spiro atoms. The van der Waals surface area contributed by atoms with Gasteiger partial charge in [-0.15, -0.1) is 11.3 Å². The molecule has 0 radical (unpaired) electrons. The normalized spacial score (nSPS) is 18.4. The van der Waals surface area contributed by atoms with E-state index in [0.29, 0.717) is 54.9 Å². The number of methoxy groups -OCH3 is 1. The summed E-state index contributed by atoms with van der Waals surface area (Å²) in [5.74, 6) is 0.970. The lowest BCUT2D eigenvalue weighted by atomic mass is 10.0. The van der Waals surface area contributed by atoms with Crippen LogP contribution in [0, 0.1) is 5.92 Å². The predicted octanol–water partition coefficient (Wildman–Crippen LogP) is 3.78. The maximum atomic E-state index is 13.7. The summed E-state index contributed by atoms with van der Waals surface area (Å²) in [7, 11) is 1.65. The van der Waals surface area contributed by atoms with Crippen LogP contribution in [-0.4, -0.2) is 69.8 Å². The Bertz CT molecular complexity index is 1330. The number of hydrogen-bond acceptors (Lipinski definition) is 8. The molecule has 10 heteroatoms. The van der Waals surface area contributed by atoms with Crippen molar-refractivity contribution in [2.45, 2.75) is 25.8 Å². The van der Waals surface area contributed by atoms with Gasteiger partial charge in [0, 0.05) is 44.5 Å². The van der Waals surface area contributed by atoms with E-state index in [-0.39, 0.29) is 11.9 Å². The van der Waals surface area contributed by atoms with Gasteiger partial charge in [-0.2, -0.15) is 5.10 Å². The number of nitrogens with one attached hydrogen (secondary N) is 1. The molecule has 1 aliphatic rings. The Labute approximate surface area is 214 Å². The van der Waals surface area contributed by atoms with Crippen LogP contribution in [0.1, 0.15) is 30.1 Å². The third-order valence-corrected chi connectivity index (χ3v) is 7.30. The third-order valence-electron chi connectivity index (χ3n) is 6.41. The van der Waals surface area contributed by atoms with Crippen LogP contribution in [0.15, 0.2) is 48.1 Å². The first kappa shape index (κ1) is 24.4. The number of thiophene rings is 1. The molecule has 36 heavy (non-hydrogen) atoms. The molecule has 4 aromatic heterocycles. The number of ether oxygens (including phenoxy) is 1. The van der Waals surface area contributed by atoms with Gasteiger partial charge < -0.3 is 20.7 Å². The van der Waals surface area contributed by atoms with Gasteiger partial charge in [0.05, 0.1) is 34.6 Å². The molecule has 0 aromatic carbocycles. The van der Waals surface area contributed by atoms with Crippen LogP contribution in [0.25, 0.3) is 27.5 Å². The molecular formula is C26H31N7O2S. The van der Waals surface area contributed by atoms with E-state index in [1.165, 1.54) is 0 Å². The van der Waals surface area contributed by atoms with E-state index in [1.54, 1.807) is 35.2 Å². The molecule has 0 aliphatic carbocycles. The van der Waals surface area contributed by atoms with Crippen LogP contribution < -0.4 is 11.1 Å². The number of carbonyl (C=O) groups is 1. The van der Waals surface area contributed by atoms with Gasteiger partial charge in [-0.1, -0.05) is 13.0 Å². The minimum Gasteiger partial charge on any atom is -0.383 e. The Hall–Kier alpha value is -3.34. The van der Waals surface area contributed by atoms with Gasteiger partial charge in [0.15, 0.2) is 5.65 Å². The number of anilines is 1. The zero-order valence-corrected chi connectivity index (χ0v) is 21.4. The lowest BCUT2D eigenvalue weighted by Crippen LogP contribution is -2.40. The van der Waals surface area contributed by atoms with Crippen LogP contribution in [0.5, 0.6) is 0 Å². The van der Waals surface area contributed by atoms with E-state index < -0.39 is 0 Å². The lowest BCUT2D eigenvalue weighted by molar-refractivity contribution is 0.0738. The van der Waals surface area contributed by atoms with Crippen molar-refractivity contribution < 1.29 is 9.53 Å². The largest absolute Gasteiger partial charge is 0.383 e. The molecule has 1 aliphatic heterocycles. The van der Waals surface area contributed by atoms with Crippen LogP contribution in [0.2, 0.25) is 0 Å². The van der Waals surface area contributed by atoms with E-state index in [1.807, 2.05) is 40.7 Å². The second kappa shape index (κ2) is 10.7. The number of nitrogens with two attached hydrogens (primary N) is 1. The Kier molecular flexibility index (Phi) is 7.26. The molecule has 188 valence electrons. The number of aromatic nitrogens is 4. The van der Waals surface area contributed by atoms with Gasteiger partial charge in [-0.25, -0.2) is 14.5 Å². The number of rotatable bonds is 7. The summed E-state index contributed by atoms with van der Waals surface area (Å²) in [6, 6.07) is 9.62. The van der Waals surface area contributed by atoms with E-state index >= 15 is 0 Å². The van der Waals surface area contributed by atoms with Crippen LogP contribution in [0.4, 0.5) is 5.82 Å². The number of nitrogens with zero attached hydrogens (tertiary/aromatic N) is 5. The standard InChI is InChI=1S/C26H31N7O2S/c1-17-5-6-19(27)16-32(15-17)26(34)18-12-22(30-24(13-18)28-8-10-35-2)20-14-29-33-9-7-21(31-25(20)33)23-4-3-11-36-23/h3-4,7,9,11-14,17,19H,5-6,8,10,15-16,27H2,1-2H3,(H,28,30). The van der Waals surface area contributed by atoms with E-state index in [2.05, 4.69) is 17.3 Å². The minimum atomic E-state index is -0.0404. The summed E-state index contributed by atoms with van der Waals surface area (Å²) in [5.41, 5.74) is 9.81. The average Bonchev–Trinajstić information content (AvgIpc) is 3.53. The van der Waals surface area contributed by atoms with Crippen molar-refractivity contribution >= 4 is 28.7 Å². The molecule has 1 saturated heterocycles. The third kappa shape index (κ3) is 5.25. The summed E-state index contributed by atoms with van der Waals surface area (Å²) < 4.78 is 6.91. The first-order valence-electron chi connectivity index (χ1n) is 12.2. The number of hydrogen-bond donors (Lipinski definition) is 2. The quantitative estimate of drug-likeness (QED) is 0.368. The van der Waals surface area contributed by atoms with Crippen LogP contribution >= 0.6 is 11.3 Å². The lowest BCUT2D eigenvalue weighted by Gasteiger charge is -2.24. The molecule has 1 amide bonds. The Morgan fingerprint density at radius 3 is 2.92 bits per heavy atom. The zero-order chi connectivity index (χ0) is 25.1. The number of fused-ring (bicyclic) bond motifs is 1. The molecule has 1 fully saturated rings. The van der Waals surface area contributed by atoms with Crippen molar-refractivity contribution in [1.29, 1.82) is 0 Å². The second-order valence-corrected chi connectivity index (χ2v) is 10.3. The van der Waals surface area contributed by atoms with E-state index in [9.17, 15) is 4.79 Å². The Morgan fingerprint density at radius 2 is 2.11 bits per heavy atom. The highest BCUT2D eigenvalue weighted by Gasteiger charge is 2.25. The summed E-state index contributed by atoms with van der Waals surface area (Å²) in [6.07, 6.45) is 5.60. The molecule has 4 aromatic rings. The molecule has 9 nitrogen and oxygen atoms in total. The highest BCUT2D eigenvalue weighted by Crippen LogP contribution is 2.29. The maximum absolute atomic E-state index is 13.7. The minimum absolute atomic E-state index is 0.0148.